The van der Waals surface area contributed by atoms with Crippen molar-refractivity contribution in [3.05, 3.63) is 48.6 Å². The second kappa shape index (κ2) is 29.8. The second-order valence-corrected chi connectivity index (χ2v) is 2.18. The number of rotatable bonds is 0. The molecule has 16 heavy (non-hydrogen) atoms. The fourth-order valence-corrected chi connectivity index (χ4v) is 0.786. The molecule has 0 nitrogen and oxygen atoms in total. The van der Waals surface area contributed by atoms with E-state index in [2.05, 4.69) is 48.6 Å². The van der Waals surface area contributed by atoms with E-state index in [4.69, 9.17) is 0 Å². The summed E-state index contributed by atoms with van der Waals surface area (Å²) in [5.41, 5.74) is 0. The molecule has 6 heteroatoms. The predicted octanol–water partition coefficient (Wildman–Crippen LogP) is -12.0. The molecular weight excluding hydrogens is 390 g/mol. The topological polar surface area (TPSA) is 0 Å². The van der Waals surface area contributed by atoms with Gasteiger partial charge in [0, 0.05) is 0 Å². The molecule has 0 spiro atoms. The van der Waals surface area contributed by atoms with Crippen LogP contribution in [0.3, 0.4) is 0 Å². The minimum absolute atomic E-state index is 0. The van der Waals surface area contributed by atoms with Gasteiger partial charge < -0.3 is 62.0 Å². The van der Waals surface area contributed by atoms with Crippen LogP contribution in [0.25, 0.3) is 0 Å². The SMILES string of the molecule is C1=CCC=C1.C1=CCC=C1.[Cl-].[Cl-].[Cl-].[Cl-].[Cl-].[Nb+5]. The molecular formula is C10H12Cl5Nb. The Labute approximate surface area is 145 Å². The first-order chi connectivity index (χ1) is 5.00. The Hall–Kier alpha value is 1.15. The van der Waals surface area contributed by atoms with E-state index in [1.165, 1.54) is 0 Å². The van der Waals surface area contributed by atoms with Crippen LogP contribution in [0.5, 0.6) is 0 Å². The monoisotopic (exact) mass is 400 g/mol. The van der Waals surface area contributed by atoms with E-state index in [0.29, 0.717) is 0 Å². The van der Waals surface area contributed by atoms with Crippen LogP contribution in [-0.2, 0) is 22.4 Å². The third-order valence-corrected chi connectivity index (χ3v) is 1.31. The van der Waals surface area contributed by atoms with Gasteiger partial charge in [-0.25, -0.2) is 0 Å². The molecule has 0 saturated carbocycles. The van der Waals surface area contributed by atoms with Gasteiger partial charge in [-0.15, -0.1) is 0 Å². The molecule has 0 radical (unpaired) electrons. The van der Waals surface area contributed by atoms with E-state index in [-0.39, 0.29) is 84.4 Å². The Morgan fingerprint density at radius 3 is 0.688 bits per heavy atom. The fourth-order valence-electron chi connectivity index (χ4n) is 0.786. The van der Waals surface area contributed by atoms with E-state index < -0.39 is 0 Å². The zero-order chi connectivity index (χ0) is 7.07. The summed E-state index contributed by atoms with van der Waals surface area (Å²) in [6, 6.07) is 0. The smallest absolute Gasteiger partial charge is 1.00 e. The van der Waals surface area contributed by atoms with E-state index >= 15 is 0 Å². The van der Waals surface area contributed by atoms with Crippen molar-refractivity contribution in [1.29, 1.82) is 0 Å². The standard InChI is InChI=1S/2C5H6.5ClH.Nb/c2*1-2-4-5-3-1;;;;;;/h2*1-4H,5H2;5*1H;/q;;;;;;;+5/p-5. The van der Waals surface area contributed by atoms with Crippen molar-refractivity contribution in [3.8, 4) is 0 Å². The summed E-state index contributed by atoms with van der Waals surface area (Å²) in [5.74, 6) is 0. The van der Waals surface area contributed by atoms with Gasteiger partial charge in [0.15, 0.2) is 0 Å². The van der Waals surface area contributed by atoms with Crippen LogP contribution >= 0.6 is 0 Å². The summed E-state index contributed by atoms with van der Waals surface area (Å²) >= 11 is 0. The van der Waals surface area contributed by atoms with E-state index in [1.54, 1.807) is 0 Å². The first-order valence-corrected chi connectivity index (χ1v) is 3.63. The maximum atomic E-state index is 2.12. The molecule has 0 unspecified atom stereocenters. The minimum Gasteiger partial charge on any atom is -1.00 e. The van der Waals surface area contributed by atoms with E-state index in [0.717, 1.165) is 12.8 Å². The Bertz CT molecular complexity index is 157. The molecule has 2 aliphatic rings. The van der Waals surface area contributed by atoms with Crippen LogP contribution in [0.15, 0.2) is 48.6 Å². The minimum atomic E-state index is 0. The summed E-state index contributed by atoms with van der Waals surface area (Å²) in [7, 11) is 0. The Morgan fingerprint density at radius 1 is 0.438 bits per heavy atom. The van der Waals surface area contributed by atoms with Crippen LogP contribution in [0.2, 0.25) is 0 Å². The van der Waals surface area contributed by atoms with Crippen molar-refractivity contribution in [2.45, 2.75) is 12.8 Å². The van der Waals surface area contributed by atoms with Crippen LogP contribution in [0, 0.1) is 0 Å². The Kier molecular flexibility index (Phi) is 67.0. The molecule has 0 aromatic rings. The largest absolute Gasteiger partial charge is 5.00 e. The van der Waals surface area contributed by atoms with Gasteiger partial charge >= 0.3 is 22.4 Å². The Morgan fingerprint density at radius 2 is 0.625 bits per heavy atom. The average molecular weight is 402 g/mol. The summed E-state index contributed by atoms with van der Waals surface area (Å²) in [5, 5.41) is 0. The second-order valence-electron chi connectivity index (χ2n) is 2.18. The molecule has 0 atom stereocenters. The molecule has 92 valence electrons. The van der Waals surface area contributed by atoms with Crippen molar-refractivity contribution in [1.82, 2.24) is 0 Å². The summed E-state index contributed by atoms with van der Waals surface area (Å²) < 4.78 is 0. The van der Waals surface area contributed by atoms with Gasteiger partial charge in [0.2, 0.25) is 0 Å². The zero-order valence-corrected chi connectivity index (χ0v) is 14.3. The van der Waals surface area contributed by atoms with E-state index in [9.17, 15) is 0 Å². The molecule has 0 amide bonds. The number of allylic oxidation sites excluding steroid dienone is 8. The molecule has 2 aliphatic carbocycles. The molecule has 0 saturated heterocycles. The third kappa shape index (κ3) is 24.4. The molecule has 0 N–H and O–H groups in total. The molecule has 0 fully saturated rings. The average Bonchev–Trinajstić information content (AvgIpc) is 2.67. The summed E-state index contributed by atoms with van der Waals surface area (Å²) in [4.78, 5) is 0. The quantitative estimate of drug-likeness (QED) is 0.353. The fraction of sp³-hybridized carbons (Fsp3) is 0.200. The van der Waals surface area contributed by atoms with Gasteiger partial charge in [-0.05, 0) is 12.8 Å². The first kappa shape index (κ1) is 36.0. The van der Waals surface area contributed by atoms with Gasteiger partial charge in [-0.3, -0.25) is 0 Å². The van der Waals surface area contributed by atoms with Gasteiger partial charge in [-0.1, -0.05) is 48.6 Å². The van der Waals surface area contributed by atoms with Gasteiger partial charge in [0.1, 0.15) is 0 Å². The maximum absolute atomic E-state index is 2.12. The van der Waals surface area contributed by atoms with Crippen LogP contribution in [0.4, 0.5) is 0 Å². The molecule has 0 heterocycles. The number of hydrogen-bond donors (Lipinski definition) is 0. The van der Waals surface area contributed by atoms with Crippen molar-refractivity contribution < 1.29 is 84.4 Å². The normalized spacial score (nSPS) is 11.0. The number of hydrogen-bond acceptors (Lipinski definition) is 0. The Balaban J connectivity index is -0.0000000227. The molecule has 0 bridgehead atoms. The van der Waals surface area contributed by atoms with Gasteiger partial charge in [0.05, 0.1) is 0 Å². The molecule has 0 aromatic carbocycles. The zero-order valence-electron chi connectivity index (χ0n) is 8.37. The summed E-state index contributed by atoms with van der Waals surface area (Å²) in [6.07, 6.45) is 19.0. The van der Waals surface area contributed by atoms with Crippen molar-refractivity contribution in [2.75, 3.05) is 0 Å². The van der Waals surface area contributed by atoms with Crippen LogP contribution in [-0.4, -0.2) is 0 Å². The van der Waals surface area contributed by atoms with Crippen LogP contribution < -0.4 is 62.0 Å². The summed E-state index contributed by atoms with van der Waals surface area (Å²) in [6.45, 7) is 0. The van der Waals surface area contributed by atoms with Crippen molar-refractivity contribution in [3.63, 3.8) is 0 Å². The van der Waals surface area contributed by atoms with E-state index in [1.807, 2.05) is 0 Å². The number of halogens is 5. The predicted molar refractivity (Wildman–Crippen MR) is 45.8 cm³/mol. The first-order valence-electron chi connectivity index (χ1n) is 3.63. The molecule has 0 aromatic heterocycles. The molecule has 2 rings (SSSR count). The maximum Gasteiger partial charge on any atom is 5.00 e. The molecule has 0 aliphatic heterocycles. The van der Waals surface area contributed by atoms with Gasteiger partial charge in [0.25, 0.3) is 0 Å². The van der Waals surface area contributed by atoms with Crippen molar-refractivity contribution >= 4 is 0 Å². The van der Waals surface area contributed by atoms with Gasteiger partial charge in [-0.2, -0.15) is 0 Å². The van der Waals surface area contributed by atoms with Crippen LogP contribution in [0.1, 0.15) is 12.8 Å². The third-order valence-electron chi connectivity index (χ3n) is 1.31. The van der Waals surface area contributed by atoms with Crippen molar-refractivity contribution in [2.24, 2.45) is 0 Å².